The van der Waals surface area contributed by atoms with Crippen molar-refractivity contribution in [2.75, 3.05) is 7.05 Å². The van der Waals surface area contributed by atoms with Crippen molar-refractivity contribution in [1.29, 1.82) is 0 Å². The average Bonchev–Trinajstić information content (AvgIpc) is 2.72. The van der Waals surface area contributed by atoms with Crippen molar-refractivity contribution in [2.24, 2.45) is 0 Å². The molecule has 2 rings (SSSR count). The van der Waals surface area contributed by atoms with Gasteiger partial charge >= 0.3 is 0 Å². The van der Waals surface area contributed by atoms with Gasteiger partial charge in [-0.3, -0.25) is 0 Å². The Labute approximate surface area is 115 Å². The van der Waals surface area contributed by atoms with Gasteiger partial charge in [0.2, 0.25) is 0 Å². The molecule has 1 heterocycles. The normalized spacial score (nSPS) is 11.3. The summed E-state index contributed by atoms with van der Waals surface area (Å²) in [5, 5.41) is 3.75. The molecule has 19 heavy (non-hydrogen) atoms. The van der Waals surface area contributed by atoms with Crippen LogP contribution in [0.25, 0.3) is 10.6 Å². The van der Waals surface area contributed by atoms with Crippen LogP contribution >= 0.6 is 11.3 Å². The quantitative estimate of drug-likeness (QED) is 0.919. The van der Waals surface area contributed by atoms with Crippen LogP contribution in [0, 0.1) is 11.6 Å². The summed E-state index contributed by atoms with van der Waals surface area (Å²) >= 11 is 1.48. The van der Waals surface area contributed by atoms with E-state index in [-0.39, 0.29) is 5.92 Å². The summed E-state index contributed by atoms with van der Waals surface area (Å²) in [6.45, 7) is 4.83. The largest absolute Gasteiger partial charge is 0.315 e. The zero-order valence-corrected chi connectivity index (χ0v) is 11.9. The molecule has 0 aliphatic carbocycles. The number of hydrogen-bond acceptors (Lipinski definition) is 3. The second-order valence-electron chi connectivity index (χ2n) is 4.67. The molecule has 5 heteroatoms. The Morgan fingerprint density at radius 3 is 2.37 bits per heavy atom. The minimum absolute atomic E-state index is 0.284. The lowest BCUT2D eigenvalue weighted by atomic mass is 10.1. The first-order valence-corrected chi connectivity index (χ1v) is 6.93. The van der Waals surface area contributed by atoms with E-state index in [1.807, 2.05) is 7.05 Å². The van der Waals surface area contributed by atoms with E-state index in [0.717, 1.165) is 16.6 Å². The lowest BCUT2D eigenvalue weighted by Gasteiger charge is -2.03. The minimum atomic E-state index is -0.577. The van der Waals surface area contributed by atoms with Gasteiger partial charge in [0.25, 0.3) is 0 Å². The molecule has 2 nitrogen and oxygen atoms in total. The standard InChI is InChI=1S/C14H16F2N2S/c1-8(2)13-12(7-17-3)19-14(18-13)9-4-10(15)6-11(16)5-9/h4-6,8,17H,7H2,1-3H3. The van der Waals surface area contributed by atoms with Gasteiger partial charge in [-0.05, 0) is 25.1 Å². The Kier molecular flexibility index (Phi) is 4.27. The predicted octanol–water partition coefficient (Wildman–Crippen LogP) is 3.93. The van der Waals surface area contributed by atoms with Gasteiger partial charge in [0.05, 0.1) is 5.69 Å². The lowest BCUT2D eigenvalue weighted by molar-refractivity contribution is 0.584. The van der Waals surface area contributed by atoms with Gasteiger partial charge in [0.1, 0.15) is 16.6 Å². The van der Waals surface area contributed by atoms with Gasteiger partial charge in [0.15, 0.2) is 0 Å². The van der Waals surface area contributed by atoms with Crippen LogP contribution in [0.1, 0.15) is 30.3 Å². The van der Waals surface area contributed by atoms with Gasteiger partial charge in [-0.1, -0.05) is 13.8 Å². The number of thiazole rings is 1. The van der Waals surface area contributed by atoms with Crippen LogP contribution in [0.5, 0.6) is 0 Å². The highest BCUT2D eigenvalue weighted by Crippen LogP contribution is 2.32. The van der Waals surface area contributed by atoms with Crippen molar-refractivity contribution in [3.05, 3.63) is 40.4 Å². The number of rotatable bonds is 4. The van der Waals surface area contributed by atoms with E-state index in [0.29, 0.717) is 17.1 Å². The number of nitrogens with one attached hydrogen (secondary N) is 1. The summed E-state index contributed by atoms with van der Waals surface area (Å²) in [7, 11) is 1.87. The molecular weight excluding hydrogens is 266 g/mol. The highest BCUT2D eigenvalue weighted by Gasteiger charge is 2.15. The molecule has 1 N–H and O–H groups in total. The molecule has 0 bridgehead atoms. The molecule has 2 aromatic rings. The molecule has 0 saturated heterocycles. The Morgan fingerprint density at radius 1 is 1.21 bits per heavy atom. The number of halogens is 2. The Bertz CT molecular complexity index is 559. The van der Waals surface area contributed by atoms with E-state index >= 15 is 0 Å². The lowest BCUT2D eigenvalue weighted by Crippen LogP contribution is -2.06. The number of nitrogens with zero attached hydrogens (tertiary/aromatic N) is 1. The summed E-state index contributed by atoms with van der Waals surface area (Å²) in [4.78, 5) is 5.63. The van der Waals surface area contributed by atoms with Gasteiger partial charge in [0, 0.05) is 23.1 Å². The van der Waals surface area contributed by atoms with E-state index in [2.05, 4.69) is 24.1 Å². The van der Waals surface area contributed by atoms with Crippen molar-refractivity contribution < 1.29 is 8.78 Å². The molecule has 0 spiro atoms. The molecule has 102 valence electrons. The fourth-order valence-electron chi connectivity index (χ4n) is 1.90. The number of aromatic nitrogens is 1. The number of benzene rings is 1. The van der Waals surface area contributed by atoms with Crippen molar-refractivity contribution in [3.63, 3.8) is 0 Å². The van der Waals surface area contributed by atoms with Crippen molar-refractivity contribution in [3.8, 4) is 10.6 Å². The van der Waals surface area contributed by atoms with E-state index in [1.54, 1.807) is 0 Å². The molecule has 0 fully saturated rings. The molecule has 1 aromatic carbocycles. The predicted molar refractivity (Wildman–Crippen MR) is 74.3 cm³/mol. The van der Waals surface area contributed by atoms with Crippen molar-refractivity contribution in [2.45, 2.75) is 26.3 Å². The molecule has 0 atom stereocenters. The molecule has 0 unspecified atom stereocenters. The molecular formula is C14H16F2N2S. The molecule has 0 radical (unpaired) electrons. The van der Waals surface area contributed by atoms with E-state index in [1.165, 1.54) is 23.5 Å². The highest BCUT2D eigenvalue weighted by atomic mass is 32.1. The third-order valence-electron chi connectivity index (χ3n) is 2.72. The van der Waals surface area contributed by atoms with E-state index in [9.17, 15) is 8.78 Å². The maximum atomic E-state index is 13.3. The first-order valence-electron chi connectivity index (χ1n) is 6.12. The zero-order valence-electron chi connectivity index (χ0n) is 11.1. The van der Waals surface area contributed by atoms with Gasteiger partial charge in [-0.15, -0.1) is 11.3 Å². The van der Waals surface area contributed by atoms with Gasteiger partial charge in [-0.2, -0.15) is 0 Å². The van der Waals surface area contributed by atoms with Crippen LogP contribution in [0.2, 0.25) is 0 Å². The molecule has 0 aliphatic heterocycles. The Morgan fingerprint density at radius 2 is 1.84 bits per heavy atom. The van der Waals surface area contributed by atoms with Crippen LogP contribution in [0.3, 0.4) is 0 Å². The first-order chi connectivity index (χ1) is 9.01. The maximum Gasteiger partial charge on any atom is 0.126 e. The fourth-order valence-corrected chi connectivity index (χ4v) is 3.12. The summed E-state index contributed by atoms with van der Waals surface area (Å²) < 4.78 is 26.5. The summed E-state index contributed by atoms with van der Waals surface area (Å²) in [5.74, 6) is -0.871. The summed E-state index contributed by atoms with van der Waals surface area (Å²) in [6.07, 6.45) is 0. The van der Waals surface area contributed by atoms with Crippen molar-refractivity contribution in [1.82, 2.24) is 10.3 Å². The Balaban J connectivity index is 2.47. The van der Waals surface area contributed by atoms with Crippen LogP contribution in [0.15, 0.2) is 18.2 Å². The molecule has 0 saturated carbocycles. The van der Waals surface area contributed by atoms with E-state index < -0.39 is 11.6 Å². The molecule has 0 amide bonds. The first kappa shape index (κ1) is 14.1. The molecule has 0 aliphatic rings. The number of hydrogen-bond donors (Lipinski definition) is 1. The second-order valence-corrected chi connectivity index (χ2v) is 5.75. The SMILES string of the molecule is CNCc1sc(-c2cc(F)cc(F)c2)nc1C(C)C. The smallest absolute Gasteiger partial charge is 0.126 e. The minimum Gasteiger partial charge on any atom is -0.315 e. The van der Waals surface area contributed by atoms with Gasteiger partial charge in [-0.25, -0.2) is 13.8 Å². The van der Waals surface area contributed by atoms with Crippen LogP contribution in [0.4, 0.5) is 8.78 Å². The monoisotopic (exact) mass is 282 g/mol. The second kappa shape index (κ2) is 5.75. The van der Waals surface area contributed by atoms with Gasteiger partial charge < -0.3 is 5.32 Å². The average molecular weight is 282 g/mol. The summed E-state index contributed by atoms with van der Waals surface area (Å²) in [6, 6.07) is 3.50. The zero-order chi connectivity index (χ0) is 14.0. The Hall–Kier alpha value is -1.33. The summed E-state index contributed by atoms with van der Waals surface area (Å²) in [5.41, 5.74) is 1.48. The molecule has 1 aromatic heterocycles. The maximum absolute atomic E-state index is 13.3. The third-order valence-corrected chi connectivity index (χ3v) is 3.84. The van der Waals surface area contributed by atoms with E-state index in [4.69, 9.17) is 0 Å². The highest BCUT2D eigenvalue weighted by molar-refractivity contribution is 7.15. The van der Waals surface area contributed by atoms with Crippen LogP contribution in [-0.4, -0.2) is 12.0 Å². The van der Waals surface area contributed by atoms with Crippen LogP contribution in [-0.2, 0) is 6.54 Å². The van der Waals surface area contributed by atoms with Crippen LogP contribution < -0.4 is 5.32 Å². The third kappa shape index (κ3) is 3.16. The topological polar surface area (TPSA) is 24.9 Å². The van der Waals surface area contributed by atoms with Crippen molar-refractivity contribution >= 4 is 11.3 Å². The fraction of sp³-hybridized carbons (Fsp3) is 0.357.